The first-order valence-corrected chi connectivity index (χ1v) is 15.1. The van der Waals surface area contributed by atoms with Crippen molar-refractivity contribution in [1.82, 2.24) is 20.3 Å². The number of carbonyl (C=O) groups excluding carboxylic acids is 4. The number of nitrogens with one attached hydrogen (secondary N) is 3. The molecule has 1 fully saturated rings. The molecule has 214 valence electrons. The molecule has 0 aromatic heterocycles. The lowest BCUT2D eigenvalue weighted by Gasteiger charge is -2.43. The Balaban J connectivity index is 1.50. The van der Waals surface area contributed by atoms with Gasteiger partial charge >= 0.3 is 0 Å². The maximum absolute atomic E-state index is 13.8. The number of fused-ring (bicyclic) bond motifs is 2. The normalized spacial score (nSPS) is 22.0. The summed E-state index contributed by atoms with van der Waals surface area (Å²) in [6.45, 7) is -0.597. The van der Waals surface area contributed by atoms with Crippen LogP contribution in [0.5, 0.6) is 0 Å². The SMILES string of the molecule is CS(=O)(=O)NC(=O)CC(CO)NC(=O)C1CCCC2CC=CCC(NC(=O)c3ccc4ccccc4c3)C(=O)N21. The summed E-state index contributed by atoms with van der Waals surface area (Å²) >= 11 is 0. The molecule has 40 heavy (non-hydrogen) atoms. The van der Waals surface area contributed by atoms with Gasteiger partial charge in [0, 0.05) is 11.6 Å². The van der Waals surface area contributed by atoms with Crippen LogP contribution in [0.15, 0.2) is 54.6 Å². The number of benzene rings is 2. The fourth-order valence-electron chi connectivity index (χ4n) is 5.29. The van der Waals surface area contributed by atoms with Crippen LogP contribution in [0.2, 0.25) is 0 Å². The standard InChI is InChI=1S/C28H34N4O7S/c1-40(38,39)31-25(34)16-21(17-33)29-27(36)24-12-6-10-22-9-4-5-11-23(28(37)32(22)24)30-26(35)20-14-13-18-7-2-3-8-19(18)15-20/h2-5,7-8,13-15,21-24,33H,6,9-12,16-17H2,1H3,(H,29,36)(H,30,35)(H,31,34). The van der Waals surface area contributed by atoms with Crippen molar-refractivity contribution in [1.29, 1.82) is 0 Å². The van der Waals surface area contributed by atoms with Crippen LogP contribution in [0.3, 0.4) is 0 Å². The van der Waals surface area contributed by atoms with E-state index in [1.54, 1.807) is 12.1 Å². The Labute approximate surface area is 233 Å². The molecule has 2 aliphatic rings. The Morgan fingerprint density at radius 2 is 1.77 bits per heavy atom. The topological polar surface area (TPSA) is 162 Å². The summed E-state index contributed by atoms with van der Waals surface area (Å²) in [7, 11) is -3.79. The quantitative estimate of drug-likeness (QED) is 0.344. The summed E-state index contributed by atoms with van der Waals surface area (Å²) in [5, 5.41) is 17.1. The van der Waals surface area contributed by atoms with E-state index < -0.39 is 58.9 Å². The zero-order chi connectivity index (χ0) is 28.9. The zero-order valence-corrected chi connectivity index (χ0v) is 23.0. The molecule has 0 spiro atoms. The van der Waals surface area contributed by atoms with Gasteiger partial charge in [-0.05, 0) is 55.0 Å². The summed E-state index contributed by atoms with van der Waals surface area (Å²) in [4.78, 5) is 53.9. The lowest BCUT2D eigenvalue weighted by molar-refractivity contribution is -0.147. The van der Waals surface area contributed by atoms with Crippen molar-refractivity contribution >= 4 is 44.4 Å². The first kappa shape index (κ1) is 29.2. The van der Waals surface area contributed by atoms with Crippen molar-refractivity contribution in [2.24, 2.45) is 0 Å². The van der Waals surface area contributed by atoms with Crippen LogP contribution in [0.25, 0.3) is 10.8 Å². The van der Waals surface area contributed by atoms with Crippen molar-refractivity contribution in [2.45, 2.75) is 62.7 Å². The van der Waals surface area contributed by atoms with E-state index in [0.29, 0.717) is 31.2 Å². The summed E-state index contributed by atoms with van der Waals surface area (Å²) < 4.78 is 24.5. The molecule has 2 aromatic carbocycles. The second kappa shape index (κ2) is 12.6. The molecule has 1 saturated heterocycles. The van der Waals surface area contributed by atoms with Crippen LogP contribution in [0.1, 0.15) is 48.9 Å². The number of amides is 4. The molecular formula is C28H34N4O7S. The van der Waals surface area contributed by atoms with Crippen molar-refractivity contribution in [3.8, 4) is 0 Å². The highest BCUT2D eigenvalue weighted by atomic mass is 32.2. The molecule has 4 atom stereocenters. The highest BCUT2D eigenvalue weighted by Gasteiger charge is 2.41. The van der Waals surface area contributed by atoms with Crippen LogP contribution in [0.4, 0.5) is 0 Å². The number of hydrogen-bond donors (Lipinski definition) is 4. The monoisotopic (exact) mass is 570 g/mol. The average Bonchev–Trinajstić information content (AvgIpc) is 2.91. The Morgan fingerprint density at radius 3 is 2.50 bits per heavy atom. The van der Waals surface area contributed by atoms with Gasteiger partial charge < -0.3 is 20.6 Å². The summed E-state index contributed by atoms with van der Waals surface area (Å²) in [5.41, 5.74) is 0.417. The van der Waals surface area contributed by atoms with Gasteiger partial charge in [0.05, 0.1) is 25.3 Å². The molecule has 2 heterocycles. The van der Waals surface area contributed by atoms with E-state index in [1.165, 1.54) is 4.90 Å². The highest BCUT2D eigenvalue weighted by molar-refractivity contribution is 7.89. The molecule has 12 heteroatoms. The van der Waals surface area contributed by atoms with E-state index in [2.05, 4.69) is 10.6 Å². The number of rotatable bonds is 8. The van der Waals surface area contributed by atoms with E-state index in [-0.39, 0.29) is 18.4 Å². The van der Waals surface area contributed by atoms with Crippen LogP contribution in [0, 0.1) is 0 Å². The van der Waals surface area contributed by atoms with Gasteiger partial charge in [0.25, 0.3) is 5.91 Å². The van der Waals surface area contributed by atoms with Gasteiger partial charge in [-0.3, -0.25) is 23.9 Å². The third kappa shape index (κ3) is 7.24. The number of hydrogen-bond acceptors (Lipinski definition) is 7. The second-order valence-corrected chi connectivity index (χ2v) is 12.0. The van der Waals surface area contributed by atoms with Gasteiger partial charge in [-0.25, -0.2) is 8.42 Å². The fourth-order valence-corrected chi connectivity index (χ4v) is 5.79. The van der Waals surface area contributed by atoms with E-state index >= 15 is 0 Å². The summed E-state index contributed by atoms with van der Waals surface area (Å²) in [5.74, 6) is -2.19. The second-order valence-electron chi connectivity index (χ2n) is 10.3. The number of piperidine rings is 1. The van der Waals surface area contributed by atoms with Crippen molar-refractivity contribution in [3.63, 3.8) is 0 Å². The molecule has 11 nitrogen and oxygen atoms in total. The van der Waals surface area contributed by atoms with Gasteiger partial charge in [-0.15, -0.1) is 0 Å². The average molecular weight is 571 g/mol. The Hall–Kier alpha value is -3.77. The third-order valence-electron chi connectivity index (χ3n) is 7.16. The van der Waals surface area contributed by atoms with Gasteiger partial charge in [0.1, 0.15) is 12.1 Å². The van der Waals surface area contributed by atoms with Gasteiger partial charge in [0.2, 0.25) is 27.7 Å². The molecule has 2 aromatic rings. The molecule has 4 amide bonds. The smallest absolute Gasteiger partial charge is 0.251 e. The minimum absolute atomic E-state index is 0.255. The number of sulfonamides is 1. The van der Waals surface area contributed by atoms with Crippen LogP contribution >= 0.6 is 0 Å². The molecule has 0 saturated carbocycles. The van der Waals surface area contributed by atoms with E-state index in [1.807, 2.05) is 47.2 Å². The van der Waals surface area contributed by atoms with Crippen LogP contribution < -0.4 is 15.4 Å². The van der Waals surface area contributed by atoms with E-state index in [4.69, 9.17) is 0 Å². The number of carbonyl (C=O) groups is 4. The number of aliphatic hydroxyl groups is 1. The van der Waals surface area contributed by atoms with Gasteiger partial charge in [0.15, 0.2) is 0 Å². The zero-order valence-electron chi connectivity index (χ0n) is 22.2. The summed E-state index contributed by atoms with van der Waals surface area (Å²) in [6, 6.07) is 9.91. The predicted octanol–water partition coefficient (Wildman–Crippen LogP) is 0.981. The Morgan fingerprint density at radius 1 is 1.05 bits per heavy atom. The molecule has 2 aliphatic heterocycles. The minimum atomic E-state index is -3.79. The number of aliphatic hydroxyl groups excluding tert-OH is 1. The molecular weight excluding hydrogens is 536 g/mol. The fraction of sp³-hybridized carbons (Fsp3) is 0.429. The maximum atomic E-state index is 13.8. The summed E-state index contributed by atoms with van der Waals surface area (Å²) in [6.07, 6.45) is 6.76. The number of nitrogens with zero attached hydrogens (tertiary/aromatic N) is 1. The van der Waals surface area contributed by atoms with Gasteiger partial charge in [-0.1, -0.05) is 42.5 Å². The highest BCUT2D eigenvalue weighted by Crippen LogP contribution is 2.29. The predicted molar refractivity (Wildman–Crippen MR) is 148 cm³/mol. The van der Waals surface area contributed by atoms with Crippen LogP contribution in [-0.2, 0) is 24.4 Å². The van der Waals surface area contributed by atoms with Crippen molar-refractivity contribution in [2.75, 3.05) is 12.9 Å². The first-order chi connectivity index (χ1) is 19.1. The van der Waals surface area contributed by atoms with Gasteiger partial charge in [-0.2, -0.15) is 0 Å². The maximum Gasteiger partial charge on any atom is 0.251 e. The van der Waals surface area contributed by atoms with Crippen molar-refractivity contribution in [3.05, 3.63) is 60.2 Å². The van der Waals surface area contributed by atoms with Crippen molar-refractivity contribution < 1.29 is 32.7 Å². The molecule has 4 N–H and O–H groups in total. The molecule has 4 rings (SSSR count). The molecule has 0 aliphatic carbocycles. The third-order valence-corrected chi connectivity index (χ3v) is 7.76. The van der Waals surface area contributed by atoms with Crippen LogP contribution in [-0.4, -0.2) is 79.1 Å². The largest absolute Gasteiger partial charge is 0.394 e. The van der Waals surface area contributed by atoms with E-state index in [9.17, 15) is 32.7 Å². The first-order valence-electron chi connectivity index (χ1n) is 13.2. The van der Waals surface area contributed by atoms with E-state index in [0.717, 1.165) is 17.0 Å². The molecule has 4 unspecified atom stereocenters. The Bertz CT molecular complexity index is 1420. The Kier molecular flexibility index (Phi) is 9.21. The molecule has 0 radical (unpaired) electrons. The minimum Gasteiger partial charge on any atom is -0.394 e. The molecule has 0 bridgehead atoms. The lowest BCUT2D eigenvalue weighted by atomic mass is 9.90. The lowest BCUT2D eigenvalue weighted by Crippen LogP contribution is -2.62.